The molecule has 0 aliphatic carbocycles. The molecule has 0 aliphatic heterocycles. The number of benzene rings is 8. The highest BCUT2D eigenvalue weighted by molar-refractivity contribution is 7.26. The molecule has 0 saturated carbocycles. The third-order valence-electron chi connectivity index (χ3n) is 10.3. The summed E-state index contributed by atoms with van der Waals surface area (Å²) in [5.41, 5.74) is 14.2. The predicted octanol–water partition coefficient (Wildman–Crippen LogP) is 14.5. The summed E-state index contributed by atoms with van der Waals surface area (Å²) < 4.78 is 2.58. The van der Waals surface area contributed by atoms with Gasteiger partial charge in [-0.1, -0.05) is 176 Å². The minimum Gasteiger partial charge on any atom is -0.228 e. The van der Waals surface area contributed by atoms with Crippen molar-refractivity contribution in [2.24, 2.45) is 0 Å². The molecule has 2 nitrogen and oxygen atoms in total. The Labute approximate surface area is 324 Å². The fourth-order valence-corrected chi connectivity index (χ4v) is 8.83. The second-order valence-corrected chi connectivity index (χ2v) is 14.8. The Morgan fingerprint density at radius 3 is 1.47 bits per heavy atom. The van der Waals surface area contributed by atoms with Crippen molar-refractivity contribution in [2.75, 3.05) is 0 Å². The van der Waals surface area contributed by atoms with E-state index in [1.54, 1.807) is 0 Å². The zero-order valence-corrected chi connectivity index (χ0v) is 30.7. The molecule has 10 rings (SSSR count). The van der Waals surface area contributed by atoms with Gasteiger partial charge in [0.1, 0.15) is 0 Å². The summed E-state index contributed by atoms with van der Waals surface area (Å²) in [6.07, 6.45) is 0. The first kappa shape index (κ1) is 32.7. The molecule has 0 aliphatic rings. The molecule has 2 heterocycles. The number of hydrogen-bond acceptors (Lipinski definition) is 3. The monoisotopic (exact) mass is 718 g/mol. The number of thiophene rings is 1. The Balaban J connectivity index is 1.20. The Hall–Kier alpha value is -6.94. The Kier molecular flexibility index (Phi) is 8.40. The van der Waals surface area contributed by atoms with Crippen molar-refractivity contribution in [1.29, 1.82) is 0 Å². The summed E-state index contributed by atoms with van der Waals surface area (Å²) in [6.45, 7) is 0. The van der Waals surface area contributed by atoms with Gasteiger partial charge in [0, 0.05) is 36.9 Å². The SMILES string of the molecule is c1ccc(-c2ccc(-c3nc(-c4ccccc4)cc(-c4cc(-c5ccccc5-c5ccccc5)cc(-c5cccc6c5sc5ccccc56)c4)n3)cc2)cc1. The minimum atomic E-state index is 0.694. The zero-order chi connectivity index (χ0) is 36.6. The molecule has 0 atom stereocenters. The summed E-state index contributed by atoms with van der Waals surface area (Å²) in [7, 11) is 0. The molecule has 8 aromatic carbocycles. The lowest BCUT2D eigenvalue weighted by molar-refractivity contribution is 1.18. The lowest BCUT2D eigenvalue weighted by Crippen LogP contribution is -1.97. The average molecular weight is 719 g/mol. The third-order valence-corrected chi connectivity index (χ3v) is 11.5. The van der Waals surface area contributed by atoms with Gasteiger partial charge < -0.3 is 0 Å². The number of fused-ring (bicyclic) bond motifs is 3. The molecule has 0 fully saturated rings. The van der Waals surface area contributed by atoms with Crippen molar-refractivity contribution in [3.63, 3.8) is 0 Å². The van der Waals surface area contributed by atoms with E-state index in [1.165, 1.54) is 48.0 Å². The van der Waals surface area contributed by atoms with Crippen molar-refractivity contribution in [3.05, 3.63) is 206 Å². The van der Waals surface area contributed by atoms with Crippen molar-refractivity contribution < 1.29 is 0 Å². The van der Waals surface area contributed by atoms with Crippen LogP contribution in [0, 0.1) is 0 Å². The van der Waals surface area contributed by atoms with Gasteiger partial charge in [0.2, 0.25) is 0 Å². The van der Waals surface area contributed by atoms with Crippen LogP contribution in [0.4, 0.5) is 0 Å². The molecule has 0 bridgehead atoms. The van der Waals surface area contributed by atoms with E-state index in [0.717, 1.165) is 44.8 Å². The topological polar surface area (TPSA) is 25.8 Å². The number of nitrogens with zero attached hydrogens (tertiary/aromatic N) is 2. The van der Waals surface area contributed by atoms with E-state index in [0.29, 0.717) is 5.82 Å². The average Bonchev–Trinajstić information content (AvgIpc) is 3.66. The molecule has 258 valence electrons. The zero-order valence-electron chi connectivity index (χ0n) is 29.9. The fraction of sp³-hybridized carbons (Fsp3) is 0. The first-order valence-corrected chi connectivity index (χ1v) is 19.4. The number of aromatic nitrogens is 2. The van der Waals surface area contributed by atoms with Gasteiger partial charge in [0.05, 0.1) is 11.4 Å². The minimum absolute atomic E-state index is 0.694. The van der Waals surface area contributed by atoms with Crippen molar-refractivity contribution in [2.45, 2.75) is 0 Å². The highest BCUT2D eigenvalue weighted by Crippen LogP contribution is 2.43. The van der Waals surface area contributed by atoms with Gasteiger partial charge in [-0.15, -0.1) is 11.3 Å². The van der Waals surface area contributed by atoms with Crippen molar-refractivity contribution in [3.8, 4) is 78.4 Å². The molecule has 55 heavy (non-hydrogen) atoms. The summed E-state index contributed by atoms with van der Waals surface area (Å²) in [5, 5.41) is 2.57. The van der Waals surface area contributed by atoms with Crippen molar-refractivity contribution in [1.82, 2.24) is 9.97 Å². The van der Waals surface area contributed by atoms with E-state index in [-0.39, 0.29) is 0 Å². The standard InChI is InChI=1S/C52H34N2S/c1-4-15-35(16-5-1)36-27-29-39(30-28-36)52-53-48(38-19-8-3-9-20-38)34-49(54-52)42-32-40(44-22-11-10-21-43(44)37-17-6-2-7-18-37)31-41(33-42)45-24-14-25-47-46-23-12-13-26-50(46)55-51(45)47/h1-34H. The van der Waals surface area contributed by atoms with Crippen LogP contribution in [0.25, 0.3) is 98.6 Å². The highest BCUT2D eigenvalue weighted by atomic mass is 32.1. The molecule has 0 spiro atoms. The largest absolute Gasteiger partial charge is 0.228 e. The maximum atomic E-state index is 5.34. The molecule has 0 unspecified atom stereocenters. The summed E-state index contributed by atoms with van der Waals surface area (Å²) in [4.78, 5) is 10.5. The van der Waals surface area contributed by atoms with Crippen LogP contribution in [-0.2, 0) is 0 Å². The van der Waals surface area contributed by atoms with Crippen LogP contribution in [0.3, 0.4) is 0 Å². The molecule has 0 saturated heterocycles. The Morgan fingerprint density at radius 2 is 0.764 bits per heavy atom. The molecule has 0 amide bonds. The number of hydrogen-bond donors (Lipinski definition) is 0. The van der Waals surface area contributed by atoms with E-state index in [9.17, 15) is 0 Å². The third kappa shape index (κ3) is 6.31. The van der Waals surface area contributed by atoms with Crippen LogP contribution < -0.4 is 0 Å². The lowest BCUT2D eigenvalue weighted by atomic mass is 9.90. The normalized spacial score (nSPS) is 11.3. The lowest BCUT2D eigenvalue weighted by Gasteiger charge is -2.16. The second-order valence-electron chi connectivity index (χ2n) is 13.8. The van der Waals surface area contributed by atoms with Crippen LogP contribution >= 0.6 is 11.3 Å². The maximum absolute atomic E-state index is 5.34. The molecule has 3 heteroatoms. The second kappa shape index (κ2) is 14.1. The van der Waals surface area contributed by atoms with E-state index in [1.807, 2.05) is 23.5 Å². The van der Waals surface area contributed by atoms with Gasteiger partial charge in [0.25, 0.3) is 0 Å². The highest BCUT2D eigenvalue weighted by Gasteiger charge is 2.17. The Bertz CT molecular complexity index is 2950. The molecular formula is C52H34N2S. The molecule has 0 N–H and O–H groups in total. The summed E-state index contributed by atoms with van der Waals surface area (Å²) in [5.74, 6) is 0.694. The first-order valence-electron chi connectivity index (χ1n) is 18.6. The Morgan fingerprint density at radius 1 is 0.291 bits per heavy atom. The number of rotatable bonds is 7. The van der Waals surface area contributed by atoms with Crippen LogP contribution in [0.2, 0.25) is 0 Å². The molecule has 10 aromatic rings. The van der Waals surface area contributed by atoms with Crippen LogP contribution in [0.1, 0.15) is 0 Å². The first-order chi connectivity index (χ1) is 27.2. The van der Waals surface area contributed by atoms with Gasteiger partial charge >= 0.3 is 0 Å². The van der Waals surface area contributed by atoms with Crippen LogP contribution in [0.15, 0.2) is 206 Å². The van der Waals surface area contributed by atoms with Gasteiger partial charge in [-0.25, -0.2) is 9.97 Å². The van der Waals surface area contributed by atoms with E-state index >= 15 is 0 Å². The summed E-state index contributed by atoms with van der Waals surface area (Å²) >= 11 is 1.86. The van der Waals surface area contributed by atoms with E-state index in [4.69, 9.17) is 9.97 Å². The van der Waals surface area contributed by atoms with Crippen LogP contribution in [-0.4, -0.2) is 9.97 Å². The van der Waals surface area contributed by atoms with Gasteiger partial charge in [0.15, 0.2) is 5.82 Å². The van der Waals surface area contributed by atoms with Gasteiger partial charge in [-0.2, -0.15) is 0 Å². The van der Waals surface area contributed by atoms with Gasteiger partial charge in [-0.3, -0.25) is 0 Å². The van der Waals surface area contributed by atoms with Crippen molar-refractivity contribution >= 4 is 31.5 Å². The molecule has 2 aromatic heterocycles. The van der Waals surface area contributed by atoms with Crippen LogP contribution in [0.5, 0.6) is 0 Å². The fourth-order valence-electron chi connectivity index (χ4n) is 7.59. The predicted molar refractivity (Wildman–Crippen MR) is 233 cm³/mol. The van der Waals surface area contributed by atoms with E-state index < -0.39 is 0 Å². The molecule has 0 radical (unpaired) electrons. The maximum Gasteiger partial charge on any atom is 0.160 e. The summed E-state index contributed by atoms with van der Waals surface area (Å²) in [6, 6.07) is 73.4. The van der Waals surface area contributed by atoms with E-state index in [2.05, 4.69) is 194 Å². The molecular weight excluding hydrogens is 685 g/mol. The quantitative estimate of drug-likeness (QED) is 0.164. The van der Waals surface area contributed by atoms with Gasteiger partial charge in [-0.05, 0) is 74.8 Å². The smallest absolute Gasteiger partial charge is 0.160 e.